The molecule has 0 bridgehead atoms. The number of aliphatic hydroxyl groups is 1. The van der Waals surface area contributed by atoms with Crippen molar-refractivity contribution >= 4 is 0 Å². The van der Waals surface area contributed by atoms with Crippen LogP contribution in [-0.4, -0.2) is 73.5 Å². The second-order valence-electron chi connectivity index (χ2n) is 3.79. The summed E-state index contributed by atoms with van der Waals surface area (Å²) in [5, 5.41) is 8.83. The first-order chi connectivity index (χ1) is 6.40. The Morgan fingerprint density at radius 2 is 2.23 bits per heavy atom. The van der Waals surface area contributed by atoms with Gasteiger partial charge in [-0.05, 0) is 0 Å². The molecule has 13 heavy (non-hydrogen) atoms. The number of piperazine rings is 1. The van der Waals surface area contributed by atoms with E-state index in [0.717, 1.165) is 45.9 Å². The molecule has 0 radical (unpaired) electrons. The van der Waals surface area contributed by atoms with Crippen LogP contribution in [0.2, 0.25) is 0 Å². The first kappa shape index (κ1) is 9.40. The molecule has 0 aromatic heterocycles. The Morgan fingerprint density at radius 1 is 1.31 bits per heavy atom. The topological polar surface area (TPSA) is 35.9 Å². The zero-order chi connectivity index (χ0) is 9.10. The van der Waals surface area contributed by atoms with Crippen LogP contribution >= 0.6 is 0 Å². The molecule has 0 spiro atoms. The number of nitrogens with zero attached hydrogens (tertiary/aromatic N) is 2. The van der Waals surface area contributed by atoms with Crippen LogP contribution in [0.4, 0.5) is 0 Å². The monoisotopic (exact) mass is 186 g/mol. The summed E-state index contributed by atoms with van der Waals surface area (Å²) < 4.78 is 5.43. The van der Waals surface area contributed by atoms with E-state index in [0.29, 0.717) is 6.04 Å². The van der Waals surface area contributed by atoms with Crippen LogP contribution in [0.25, 0.3) is 0 Å². The van der Waals surface area contributed by atoms with Gasteiger partial charge in [-0.15, -0.1) is 0 Å². The lowest BCUT2D eigenvalue weighted by Gasteiger charge is -2.43. The lowest BCUT2D eigenvalue weighted by atomic mass is 10.1. The van der Waals surface area contributed by atoms with Gasteiger partial charge in [-0.2, -0.15) is 0 Å². The van der Waals surface area contributed by atoms with Gasteiger partial charge in [-0.25, -0.2) is 0 Å². The van der Waals surface area contributed by atoms with E-state index in [-0.39, 0.29) is 6.61 Å². The third kappa shape index (κ3) is 2.20. The maximum atomic E-state index is 8.83. The number of hydrogen-bond acceptors (Lipinski definition) is 4. The number of hydrogen-bond donors (Lipinski definition) is 1. The Bertz CT molecular complexity index is 166. The van der Waals surface area contributed by atoms with Gasteiger partial charge in [0.1, 0.15) is 0 Å². The van der Waals surface area contributed by atoms with Crippen molar-refractivity contribution in [3.63, 3.8) is 0 Å². The Labute approximate surface area is 79.1 Å². The van der Waals surface area contributed by atoms with Gasteiger partial charge in [0, 0.05) is 38.8 Å². The van der Waals surface area contributed by atoms with Crippen molar-refractivity contribution in [1.29, 1.82) is 0 Å². The summed E-state index contributed by atoms with van der Waals surface area (Å²) in [6.45, 7) is 7.19. The molecule has 2 aliphatic rings. The predicted octanol–water partition coefficient (Wildman–Crippen LogP) is -1.00. The quantitative estimate of drug-likeness (QED) is 0.600. The van der Waals surface area contributed by atoms with Crippen LogP contribution in [0.1, 0.15) is 0 Å². The molecule has 0 unspecified atom stereocenters. The third-order valence-corrected chi connectivity index (χ3v) is 2.94. The van der Waals surface area contributed by atoms with Gasteiger partial charge in [0.05, 0.1) is 19.8 Å². The lowest BCUT2D eigenvalue weighted by Crippen LogP contribution is -2.58. The highest BCUT2D eigenvalue weighted by atomic mass is 16.5. The largest absolute Gasteiger partial charge is 0.395 e. The second-order valence-corrected chi connectivity index (χ2v) is 3.79. The molecule has 2 fully saturated rings. The molecule has 0 saturated carbocycles. The van der Waals surface area contributed by atoms with Crippen molar-refractivity contribution in [2.45, 2.75) is 6.04 Å². The number of fused-ring (bicyclic) bond motifs is 1. The molecule has 76 valence electrons. The molecule has 2 saturated heterocycles. The Kier molecular flexibility index (Phi) is 3.16. The summed E-state index contributed by atoms with van der Waals surface area (Å²) >= 11 is 0. The summed E-state index contributed by atoms with van der Waals surface area (Å²) in [6, 6.07) is 0.564. The van der Waals surface area contributed by atoms with E-state index in [2.05, 4.69) is 9.80 Å². The van der Waals surface area contributed by atoms with Crippen LogP contribution in [0.15, 0.2) is 0 Å². The highest BCUT2D eigenvalue weighted by Crippen LogP contribution is 2.12. The van der Waals surface area contributed by atoms with E-state index >= 15 is 0 Å². The molecular formula is C9H18N2O2. The summed E-state index contributed by atoms with van der Waals surface area (Å²) in [5.74, 6) is 0. The van der Waals surface area contributed by atoms with E-state index in [1.807, 2.05) is 0 Å². The van der Waals surface area contributed by atoms with E-state index in [1.54, 1.807) is 0 Å². The highest BCUT2D eigenvalue weighted by Gasteiger charge is 2.28. The number of morpholine rings is 1. The summed E-state index contributed by atoms with van der Waals surface area (Å²) in [4.78, 5) is 4.81. The fraction of sp³-hybridized carbons (Fsp3) is 1.00. The van der Waals surface area contributed by atoms with Crippen molar-refractivity contribution in [2.75, 3.05) is 52.5 Å². The average molecular weight is 186 g/mol. The van der Waals surface area contributed by atoms with Crippen molar-refractivity contribution < 1.29 is 9.84 Å². The maximum absolute atomic E-state index is 8.83. The van der Waals surface area contributed by atoms with Crippen molar-refractivity contribution in [2.24, 2.45) is 0 Å². The molecule has 2 heterocycles. The fourth-order valence-electron chi connectivity index (χ4n) is 2.16. The number of ether oxygens (including phenoxy) is 1. The Hall–Kier alpha value is -0.160. The highest BCUT2D eigenvalue weighted by molar-refractivity contribution is 4.83. The molecule has 0 aromatic carbocycles. The summed E-state index contributed by atoms with van der Waals surface area (Å²) in [6.07, 6.45) is 0. The Morgan fingerprint density at radius 3 is 3.08 bits per heavy atom. The molecular weight excluding hydrogens is 168 g/mol. The van der Waals surface area contributed by atoms with E-state index < -0.39 is 0 Å². The molecule has 1 atom stereocenters. The van der Waals surface area contributed by atoms with Gasteiger partial charge in [0.15, 0.2) is 0 Å². The van der Waals surface area contributed by atoms with Gasteiger partial charge in [0.25, 0.3) is 0 Å². The van der Waals surface area contributed by atoms with Gasteiger partial charge < -0.3 is 9.84 Å². The summed E-state index contributed by atoms with van der Waals surface area (Å²) in [7, 11) is 0. The van der Waals surface area contributed by atoms with Crippen LogP contribution in [-0.2, 0) is 4.74 Å². The molecule has 2 aliphatic heterocycles. The fourth-order valence-corrected chi connectivity index (χ4v) is 2.16. The zero-order valence-electron chi connectivity index (χ0n) is 7.98. The third-order valence-electron chi connectivity index (χ3n) is 2.94. The minimum absolute atomic E-state index is 0.271. The Balaban J connectivity index is 1.84. The predicted molar refractivity (Wildman–Crippen MR) is 49.7 cm³/mol. The normalized spacial score (nSPS) is 31.6. The SMILES string of the molecule is OCCN1CCN2CCOC[C@@H]2C1. The molecule has 1 N–H and O–H groups in total. The standard InChI is InChI=1S/C9H18N2O2/c12-5-3-10-1-2-11-4-6-13-8-9(11)7-10/h9,12H,1-8H2/t9-/m0/s1. The van der Waals surface area contributed by atoms with Crippen LogP contribution in [0, 0.1) is 0 Å². The number of aliphatic hydroxyl groups excluding tert-OH is 1. The van der Waals surface area contributed by atoms with Crippen LogP contribution < -0.4 is 0 Å². The minimum Gasteiger partial charge on any atom is -0.395 e. The molecule has 0 aromatic rings. The van der Waals surface area contributed by atoms with Gasteiger partial charge in [-0.1, -0.05) is 0 Å². The molecule has 4 heteroatoms. The van der Waals surface area contributed by atoms with Gasteiger partial charge in [-0.3, -0.25) is 9.80 Å². The number of β-amino-alcohol motifs (C(OH)–C–C–N with tert-alkyl or cyclic N) is 1. The smallest absolute Gasteiger partial charge is 0.0634 e. The van der Waals surface area contributed by atoms with Crippen molar-refractivity contribution in [3.05, 3.63) is 0 Å². The zero-order valence-corrected chi connectivity index (χ0v) is 7.98. The average Bonchev–Trinajstić information content (AvgIpc) is 2.18. The molecule has 0 aliphatic carbocycles. The maximum Gasteiger partial charge on any atom is 0.0634 e. The first-order valence-electron chi connectivity index (χ1n) is 5.05. The van der Waals surface area contributed by atoms with Gasteiger partial charge in [0.2, 0.25) is 0 Å². The van der Waals surface area contributed by atoms with Crippen LogP contribution in [0.5, 0.6) is 0 Å². The first-order valence-corrected chi connectivity index (χ1v) is 5.05. The molecule has 2 rings (SSSR count). The number of rotatable bonds is 2. The van der Waals surface area contributed by atoms with E-state index in [1.165, 1.54) is 0 Å². The lowest BCUT2D eigenvalue weighted by molar-refractivity contribution is -0.0465. The van der Waals surface area contributed by atoms with Gasteiger partial charge >= 0.3 is 0 Å². The molecule has 4 nitrogen and oxygen atoms in total. The van der Waals surface area contributed by atoms with Crippen molar-refractivity contribution in [1.82, 2.24) is 9.80 Å². The minimum atomic E-state index is 0.271. The molecule has 0 amide bonds. The summed E-state index contributed by atoms with van der Waals surface area (Å²) in [5.41, 5.74) is 0. The van der Waals surface area contributed by atoms with E-state index in [9.17, 15) is 0 Å². The van der Waals surface area contributed by atoms with Crippen LogP contribution in [0.3, 0.4) is 0 Å². The van der Waals surface area contributed by atoms with E-state index in [4.69, 9.17) is 9.84 Å². The van der Waals surface area contributed by atoms with Crippen molar-refractivity contribution in [3.8, 4) is 0 Å². The second kappa shape index (κ2) is 4.37.